The van der Waals surface area contributed by atoms with E-state index in [1.54, 1.807) is 30.3 Å². The summed E-state index contributed by atoms with van der Waals surface area (Å²) < 4.78 is 28.6. The summed E-state index contributed by atoms with van der Waals surface area (Å²) in [5.74, 6) is 0.226. The lowest BCUT2D eigenvalue weighted by Gasteiger charge is -2.04. The van der Waals surface area contributed by atoms with Crippen LogP contribution in [0.25, 0.3) is 22.4 Å². The Morgan fingerprint density at radius 2 is 1.96 bits per heavy atom. The number of nitrogens with one attached hydrogen (secondary N) is 1. The average molecular weight is 318 g/mol. The fraction of sp³-hybridized carbons (Fsp3) is 0.125. The number of H-pyrrole nitrogens is 1. The van der Waals surface area contributed by atoms with Crippen LogP contribution in [-0.2, 0) is 0 Å². The van der Waals surface area contributed by atoms with Gasteiger partial charge < -0.3 is 14.8 Å². The molecule has 0 radical (unpaired) electrons. The Morgan fingerprint density at radius 1 is 1.22 bits per heavy atom. The SMILES string of the molecule is O=C(CO)c1ccc2nc(-c3ccc(OC(F)F)cc3)[nH]c2c1. The molecule has 7 heteroatoms. The third-order valence-corrected chi connectivity index (χ3v) is 3.30. The number of aliphatic hydroxyl groups is 1. The van der Waals surface area contributed by atoms with Gasteiger partial charge in [-0.15, -0.1) is 0 Å². The lowest BCUT2D eigenvalue weighted by Crippen LogP contribution is -2.03. The molecule has 0 aliphatic heterocycles. The molecule has 2 aromatic carbocycles. The Morgan fingerprint density at radius 3 is 2.61 bits per heavy atom. The first-order valence-corrected chi connectivity index (χ1v) is 6.76. The zero-order valence-electron chi connectivity index (χ0n) is 11.8. The van der Waals surface area contributed by atoms with Crippen molar-refractivity contribution in [3.05, 3.63) is 48.0 Å². The smallest absolute Gasteiger partial charge is 0.387 e. The van der Waals surface area contributed by atoms with E-state index in [9.17, 15) is 13.6 Å². The Kier molecular flexibility index (Phi) is 4.03. The number of halogens is 2. The third-order valence-electron chi connectivity index (χ3n) is 3.30. The van der Waals surface area contributed by atoms with E-state index in [1.807, 2.05) is 0 Å². The van der Waals surface area contributed by atoms with Gasteiger partial charge in [0.05, 0.1) is 11.0 Å². The number of aliphatic hydroxyl groups excluding tert-OH is 1. The minimum absolute atomic E-state index is 0.0655. The van der Waals surface area contributed by atoms with E-state index < -0.39 is 13.2 Å². The highest BCUT2D eigenvalue weighted by atomic mass is 19.3. The molecule has 0 spiro atoms. The zero-order valence-corrected chi connectivity index (χ0v) is 11.8. The molecule has 0 saturated heterocycles. The zero-order chi connectivity index (χ0) is 16.4. The number of nitrogens with zero attached hydrogens (tertiary/aromatic N) is 1. The second-order valence-electron chi connectivity index (χ2n) is 4.80. The molecule has 0 amide bonds. The standard InChI is InChI=1S/C16H12F2N2O3/c17-16(18)23-11-4-1-9(2-5-11)15-19-12-6-3-10(14(22)8-21)7-13(12)20-15/h1-7,16,21H,8H2,(H,19,20). The number of imidazole rings is 1. The number of benzene rings is 2. The normalized spacial score (nSPS) is 11.1. The molecule has 0 aliphatic rings. The van der Waals surface area contributed by atoms with Crippen molar-refractivity contribution in [2.75, 3.05) is 6.61 Å². The minimum Gasteiger partial charge on any atom is -0.435 e. The Hall–Kier alpha value is -2.80. The van der Waals surface area contributed by atoms with Crippen molar-refractivity contribution in [2.45, 2.75) is 6.61 Å². The highest BCUT2D eigenvalue weighted by Crippen LogP contribution is 2.24. The topological polar surface area (TPSA) is 75.2 Å². The number of carbonyl (C=O) groups excluding carboxylic acids is 1. The number of carbonyl (C=O) groups is 1. The van der Waals surface area contributed by atoms with Crippen molar-refractivity contribution in [2.24, 2.45) is 0 Å². The summed E-state index contributed by atoms with van der Waals surface area (Å²) in [6, 6.07) is 10.9. The van der Waals surface area contributed by atoms with Crippen LogP contribution in [0.5, 0.6) is 5.75 Å². The molecule has 118 valence electrons. The summed E-state index contributed by atoms with van der Waals surface area (Å²) in [5, 5.41) is 8.89. The number of hydrogen-bond donors (Lipinski definition) is 2. The summed E-state index contributed by atoms with van der Waals surface area (Å²) in [7, 11) is 0. The van der Waals surface area contributed by atoms with Gasteiger partial charge in [-0.25, -0.2) is 4.98 Å². The van der Waals surface area contributed by atoms with Gasteiger partial charge in [0.1, 0.15) is 18.2 Å². The number of aromatic amines is 1. The summed E-state index contributed by atoms with van der Waals surface area (Å²) >= 11 is 0. The highest BCUT2D eigenvalue weighted by molar-refractivity contribution is 5.99. The number of ketones is 1. The maximum atomic E-state index is 12.1. The summed E-state index contributed by atoms with van der Waals surface area (Å²) in [5.41, 5.74) is 2.38. The molecule has 3 rings (SSSR count). The first-order chi connectivity index (χ1) is 11.1. The number of ether oxygens (including phenoxy) is 1. The second kappa shape index (κ2) is 6.13. The van der Waals surface area contributed by atoms with Gasteiger partial charge in [-0.1, -0.05) is 0 Å². The van der Waals surface area contributed by atoms with Gasteiger partial charge in [0.15, 0.2) is 5.78 Å². The van der Waals surface area contributed by atoms with E-state index in [4.69, 9.17) is 5.11 Å². The van der Waals surface area contributed by atoms with E-state index in [0.717, 1.165) is 0 Å². The van der Waals surface area contributed by atoms with Gasteiger partial charge in [0.2, 0.25) is 0 Å². The van der Waals surface area contributed by atoms with E-state index in [0.29, 0.717) is 28.0 Å². The molecule has 23 heavy (non-hydrogen) atoms. The summed E-state index contributed by atoms with van der Waals surface area (Å²) in [6.07, 6.45) is 0. The molecular formula is C16H12F2N2O3. The van der Waals surface area contributed by atoms with Gasteiger partial charge in [0, 0.05) is 11.1 Å². The van der Waals surface area contributed by atoms with Crippen LogP contribution in [0.2, 0.25) is 0 Å². The van der Waals surface area contributed by atoms with Gasteiger partial charge >= 0.3 is 6.61 Å². The number of fused-ring (bicyclic) bond motifs is 1. The second-order valence-corrected chi connectivity index (χ2v) is 4.80. The maximum absolute atomic E-state index is 12.1. The van der Waals surface area contributed by atoms with Crippen LogP contribution in [0, 0.1) is 0 Å². The largest absolute Gasteiger partial charge is 0.435 e. The highest BCUT2D eigenvalue weighted by Gasteiger charge is 2.10. The van der Waals surface area contributed by atoms with Crippen molar-refractivity contribution < 1.29 is 23.4 Å². The molecule has 5 nitrogen and oxygen atoms in total. The summed E-state index contributed by atoms with van der Waals surface area (Å²) in [6.45, 7) is -3.42. The Bertz CT molecular complexity index is 844. The number of hydrogen-bond acceptors (Lipinski definition) is 4. The van der Waals surface area contributed by atoms with Crippen LogP contribution in [0.15, 0.2) is 42.5 Å². The lowest BCUT2D eigenvalue weighted by atomic mass is 10.1. The molecule has 1 aromatic heterocycles. The molecule has 0 saturated carbocycles. The van der Waals surface area contributed by atoms with E-state index >= 15 is 0 Å². The van der Waals surface area contributed by atoms with E-state index in [-0.39, 0.29) is 11.5 Å². The van der Waals surface area contributed by atoms with Crippen LogP contribution >= 0.6 is 0 Å². The molecule has 0 unspecified atom stereocenters. The van der Waals surface area contributed by atoms with Crippen molar-refractivity contribution >= 4 is 16.8 Å². The first-order valence-electron chi connectivity index (χ1n) is 6.76. The molecule has 0 aliphatic carbocycles. The Labute approximate surface area is 129 Å². The minimum atomic E-state index is -2.87. The van der Waals surface area contributed by atoms with E-state index in [2.05, 4.69) is 14.7 Å². The molecule has 0 fully saturated rings. The van der Waals surface area contributed by atoms with Crippen LogP contribution in [0.3, 0.4) is 0 Å². The molecule has 0 atom stereocenters. The molecule has 0 bridgehead atoms. The van der Waals surface area contributed by atoms with Gasteiger partial charge in [-0.2, -0.15) is 8.78 Å². The average Bonchev–Trinajstić information content (AvgIpc) is 2.97. The number of aromatic nitrogens is 2. The Balaban J connectivity index is 1.92. The van der Waals surface area contributed by atoms with Gasteiger partial charge in [-0.05, 0) is 42.5 Å². The van der Waals surface area contributed by atoms with Crippen molar-refractivity contribution in [1.29, 1.82) is 0 Å². The first kappa shape index (κ1) is 15.1. The predicted octanol–water partition coefficient (Wildman–Crippen LogP) is 3.01. The maximum Gasteiger partial charge on any atom is 0.387 e. The lowest BCUT2D eigenvalue weighted by molar-refractivity contribution is -0.0498. The fourth-order valence-electron chi connectivity index (χ4n) is 2.21. The summed E-state index contributed by atoms with van der Waals surface area (Å²) in [4.78, 5) is 18.9. The van der Waals surface area contributed by atoms with Crippen molar-refractivity contribution in [3.8, 4) is 17.1 Å². The van der Waals surface area contributed by atoms with E-state index in [1.165, 1.54) is 12.1 Å². The van der Waals surface area contributed by atoms with Crippen LogP contribution in [0.1, 0.15) is 10.4 Å². The van der Waals surface area contributed by atoms with Crippen LogP contribution < -0.4 is 4.74 Å². The molecule has 1 heterocycles. The molecular weight excluding hydrogens is 306 g/mol. The number of alkyl halides is 2. The predicted molar refractivity (Wildman–Crippen MR) is 79.6 cm³/mol. The number of rotatable bonds is 5. The fourth-order valence-corrected chi connectivity index (χ4v) is 2.21. The van der Waals surface area contributed by atoms with Crippen molar-refractivity contribution in [3.63, 3.8) is 0 Å². The van der Waals surface area contributed by atoms with Crippen molar-refractivity contribution in [1.82, 2.24) is 9.97 Å². The quantitative estimate of drug-likeness (QED) is 0.709. The third kappa shape index (κ3) is 3.19. The van der Waals surface area contributed by atoms with Crippen LogP contribution in [0.4, 0.5) is 8.78 Å². The molecule has 2 N–H and O–H groups in total. The van der Waals surface area contributed by atoms with Gasteiger partial charge in [-0.3, -0.25) is 4.79 Å². The monoisotopic (exact) mass is 318 g/mol. The van der Waals surface area contributed by atoms with Gasteiger partial charge in [0.25, 0.3) is 0 Å². The number of Topliss-reactive ketones (excluding diaryl/α,β-unsaturated/α-hetero) is 1. The molecule has 3 aromatic rings. The van der Waals surface area contributed by atoms with Crippen LogP contribution in [-0.4, -0.2) is 34.1 Å².